The zero-order valence-electron chi connectivity index (χ0n) is 28.3. The van der Waals surface area contributed by atoms with Crippen molar-refractivity contribution in [3.8, 4) is 11.8 Å². The van der Waals surface area contributed by atoms with Crippen molar-refractivity contribution in [2.24, 2.45) is 0 Å². The topological polar surface area (TPSA) is 40.0 Å². The van der Waals surface area contributed by atoms with Gasteiger partial charge in [0.2, 0.25) is 5.95 Å². The second-order valence-corrected chi connectivity index (χ2v) is 14.2. The lowest BCUT2D eigenvalue weighted by Gasteiger charge is -2.14. The summed E-state index contributed by atoms with van der Waals surface area (Å²) >= 11 is 0. The molecule has 53 heavy (non-hydrogen) atoms. The summed E-state index contributed by atoms with van der Waals surface area (Å²) < 4.78 is 7.15. The molecule has 5 heterocycles. The van der Waals surface area contributed by atoms with Gasteiger partial charge in [-0.05, 0) is 59.3 Å². The average molecular weight is 674 g/mol. The van der Waals surface area contributed by atoms with Crippen LogP contribution in [0.5, 0.6) is 0 Å². The summed E-state index contributed by atoms with van der Waals surface area (Å²) in [7, 11) is 0. The van der Waals surface area contributed by atoms with E-state index >= 15 is 0 Å². The Bertz CT molecular complexity index is 3640. The Kier molecular flexibility index (Phi) is 5.06. The van der Waals surface area contributed by atoms with Crippen LogP contribution in [0, 0.1) is 0 Å². The Morgan fingerprint density at radius 1 is 0.340 bits per heavy atom. The molecule has 0 radical (unpaired) electrons. The van der Waals surface area contributed by atoms with Crippen molar-refractivity contribution >= 4 is 103 Å². The predicted octanol–water partition coefficient (Wildman–Crippen LogP) is 12.1. The van der Waals surface area contributed by atoms with E-state index in [2.05, 4.69) is 177 Å². The third kappa shape index (κ3) is 3.37. The standard InChI is InChI=1S/C48H27N5/c1-2-14-29-28(13-1)25-26-42-43(29)44-45-35(32-17-6-9-21-38(32)51(42)45)27-36-33-18-7-12-24-41(33)53(46(36)44)47-34-19-3-8-20-37(34)49-48(50-47)52-39-22-10-4-15-30(39)31-16-5-11-23-40(31)52/h1-27H. The molecule has 0 amide bonds. The highest BCUT2D eigenvalue weighted by Crippen LogP contribution is 2.48. The highest BCUT2D eigenvalue weighted by Gasteiger charge is 2.27. The molecule has 5 nitrogen and oxygen atoms in total. The van der Waals surface area contributed by atoms with Gasteiger partial charge < -0.3 is 4.40 Å². The van der Waals surface area contributed by atoms with Gasteiger partial charge in [-0.2, -0.15) is 4.98 Å². The zero-order valence-corrected chi connectivity index (χ0v) is 28.3. The fraction of sp³-hybridized carbons (Fsp3) is 0. The van der Waals surface area contributed by atoms with Crippen LogP contribution in [0.4, 0.5) is 0 Å². The molecule has 0 saturated carbocycles. The van der Waals surface area contributed by atoms with Crippen LogP contribution in [0.15, 0.2) is 164 Å². The van der Waals surface area contributed by atoms with Gasteiger partial charge >= 0.3 is 0 Å². The Balaban J connectivity index is 1.29. The van der Waals surface area contributed by atoms with E-state index in [4.69, 9.17) is 9.97 Å². The average Bonchev–Trinajstić information content (AvgIpc) is 3.94. The fourth-order valence-electron chi connectivity index (χ4n) is 9.44. The molecule has 13 aromatic rings. The Labute approximate surface area is 301 Å². The largest absolute Gasteiger partial charge is 0.308 e. The van der Waals surface area contributed by atoms with Crippen molar-refractivity contribution in [1.29, 1.82) is 0 Å². The lowest BCUT2D eigenvalue weighted by Crippen LogP contribution is -2.07. The van der Waals surface area contributed by atoms with Crippen molar-refractivity contribution in [1.82, 2.24) is 23.5 Å². The maximum Gasteiger partial charge on any atom is 0.237 e. The summed E-state index contributed by atoms with van der Waals surface area (Å²) in [6.45, 7) is 0. The summed E-state index contributed by atoms with van der Waals surface area (Å²) in [6, 6.07) is 59.0. The van der Waals surface area contributed by atoms with Crippen LogP contribution >= 0.6 is 0 Å². The van der Waals surface area contributed by atoms with E-state index < -0.39 is 0 Å². The molecule has 5 heteroatoms. The molecule has 0 spiro atoms. The molecule has 13 rings (SSSR count). The number of rotatable bonds is 2. The van der Waals surface area contributed by atoms with Gasteiger partial charge in [0.25, 0.3) is 0 Å². The van der Waals surface area contributed by atoms with E-state index in [9.17, 15) is 0 Å². The van der Waals surface area contributed by atoms with Gasteiger partial charge in [0.1, 0.15) is 0 Å². The van der Waals surface area contributed by atoms with Crippen LogP contribution < -0.4 is 0 Å². The van der Waals surface area contributed by atoms with Crippen LogP contribution in [0.2, 0.25) is 0 Å². The first-order chi connectivity index (χ1) is 26.3. The molecular weight excluding hydrogens is 647 g/mol. The maximum absolute atomic E-state index is 5.63. The number of nitrogens with zero attached hydrogens (tertiary/aromatic N) is 5. The molecule has 5 aromatic heterocycles. The Morgan fingerprint density at radius 2 is 0.868 bits per heavy atom. The van der Waals surface area contributed by atoms with Crippen LogP contribution in [0.3, 0.4) is 0 Å². The number of para-hydroxylation sites is 5. The summed E-state index contributed by atoms with van der Waals surface area (Å²) in [4.78, 5) is 10.9. The molecule has 0 atom stereocenters. The molecule has 8 aromatic carbocycles. The van der Waals surface area contributed by atoms with Crippen molar-refractivity contribution in [3.05, 3.63) is 164 Å². The fourth-order valence-corrected chi connectivity index (χ4v) is 9.44. The minimum atomic E-state index is 0.652. The molecule has 0 saturated heterocycles. The summed E-state index contributed by atoms with van der Waals surface area (Å²) in [5.74, 6) is 1.52. The van der Waals surface area contributed by atoms with Gasteiger partial charge in [0.05, 0.1) is 44.1 Å². The quantitative estimate of drug-likeness (QED) is 0.183. The van der Waals surface area contributed by atoms with Gasteiger partial charge in [-0.3, -0.25) is 9.13 Å². The van der Waals surface area contributed by atoms with E-state index in [1.807, 2.05) is 0 Å². The van der Waals surface area contributed by atoms with E-state index in [-0.39, 0.29) is 0 Å². The van der Waals surface area contributed by atoms with Crippen LogP contribution in [-0.2, 0) is 0 Å². The third-order valence-corrected chi connectivity index (χ3v) is 11.6. The summed E-state index contributed by atoms with van der Waals surface area (Å²) in [6.07, 6.45) is 0. The number of benzene rings is 8. The molecule has 0 aliphatic heterocycles. The molecule has 0 bridgehead atoms. The molecular formula is C48H27N5. The lowest BCUT2D eigenvalue weighted by molar-refractivity contribution is 0.973. The third-order valence-electron chi connectivity index (χ3n) is 11.6. The smallest absolute Gasteiger partial charge is 0.237 e. The molecule has 0 aliphatic rings. The number of fused-ring (bicyclic) bond motifs is 16. The molecule has 0 aliphatic carbocycles. The highest BCUT2D eigenvalue weighted by molar-refractivity contribution is 6.37. The van der Waals surface area contributed by atoms with E-state index in [1.54, 1.807) is 0 Å². The number of hydrogen-bond donors (Lipinski definition) is 0. The Hall–Kier alpha value is -7.24. The van der Waals surface area contributed by atoms with Crippen LogP contribution in [-0.4, -0.2) is 23.5 Å². The molecule has 0 fully saturated rings. The van der Waals surface area contributed by atoms with Crippen LogP contribution in [0.1, 0.15) is 0 Å². The first kappa shape index (κ1) is 27.5. The monoisotopic (exact) mass is 673 g/mol. The van der Waals surface area contributed by atoms with Crippen molar-refractivity contribution < 1.29 is 0 Å². The predicted molar refractivity (Wildman–Crippen MR) is 220 cm³/mol. The minimum absolute atomic E-state index is 0.652. The van der Waals surface area contributed by atoms with Crippen LogP contribution in [0.25, 0.3) is 115 Å². The summed E-state index contributed by atoms with van der Waals surface area (Å²) in [5.41, 5.74) is 9.04. The van der Waals surface area contributed by atoms with Crippen molar-refractivity contribution in [2.75, 3.05) is 0 Å². The minimum Gasteiger partial charge on any atom is -0.308 e. The van der Waals surface area contributed by atoms with Gasteiger partial charge in [0.15, 0.2) is 5.82 Å². The Morgan fingerprint density at radius 3 is 1.58 bits per heavy atom. The number of aromatic nitrogens is 5. The van der Waals surface area contributed by atoms with Crippen molar-refractivity contribution in [2.45, 2.75) is 0 Å². The van der Waals surface area contributed by atoms with Gasteiger partial charge in [-0.25, -0.2) is 4.98 Å². The maximum atomic E-state index is 5.63. The summed E-state index contributed by atoms with van der Waals surface area (Å²) in [5, 5.41) is 13.3. The van der Waals surface area contributed by atoms with Gasteiger partial charge in [0, 0.05) is 48.5 Å². The van der Waals surface area contributed by atoms with Crippen molar-refractivity contribution in [3.63, 3.8) is 0 Å². The highest BCUT2D eigenvalue weighted by atomic mass is 15.2. The van der Waals surface area contributed by atoms with E-state index in [1.165, 1.54) is 70.4 Å². The molecule has 244 valence electrons. The van der Waals surface area contributed by atoms with Gasteiger partial charge in [-0.1, -0.05) is 115 Å². The SMILES string of the molecule is c1ccc2c(c1)ccc1c2c2c3c(cc4c5ccccc5n1c42)c1ccccc1n3-c1nc(-n2c3ccccc3c3ccccc32)nc2ccccc12. The van der Waals surface area contributed by atoms with Gasteiger partial charge in [-0.15, -0.1) is 0 Å². The molecule has 0 unspecified atom stereocenters. The van der Waals surface area contributed by atoms with E-state index in [0.29, 0.717) is 5.95 Å². The molecule has 0 N–H and O–H groups in total. The zero-order chi connectivity index (χ0) is 34.4. The normalized spacial score (nSPS) is 12.5. The number of hydrogen-bond acceptors (Lipinski definition) is 2. The van der Waals surface area contributed by atoms with E-state index in [0.717, 1.165) is 38.8 Å². The second-order valence-electron chi connectivity index (χ2n) is 14.2. The second kappa shape index (κ2) is 9.75. The first-order valence-corrected chi connectivity index (χ1v) is 18.1. The first-order valence-electron chi connectivity index (χ1n) is 18.1. The lowest BCUT2D eigenvalue weighted by atomic mass is 9.99.